The molecule has 0 bridgehead atoms. The smallest absolute Gasteiger partial charge is 0.243 e. The van der Waals surface area contributed by atoms with E-state index in [0.717, 1.165) is 38.9 Å². The highest BCUT2D eigenvalue weighted by molar-refractivity contribution is 7.89. The maximum Gasteiger partial charge on any atom is 0.243 e. The molecule has 2 heterocycles. The molecule has 1 amide bonds. The Morgan fingerprint density at radius 1 is 0.808 bits per heavy atom. The molecule has 7 heteroatoms. The van der Waals surface area contributed by atoms with E-state index < -0.39 is 10.0 Å². The van der Waals surface area contributed by atoms with Crippen LogP contribution in [0.2, 0.25) is 0 Å². The largest absolute Gasteiger partial charge is 0.342 e. The van der Waals surface area contributed by atoms with Crippen molar-refractivity contribution in [3.63, 3.8) is 0 Å². The van der Waals surface area contributed by atoms with Gasteiger partial charge in [0.25, 0.3) is 0 Å². The molecular formula is C19H29N3O3S. The Bertz CT molecular complexity index is 685. The van der Waals surface area contributed by atoms with Crippen LogP contribution in [0.4, 0.5) is 0 Å². The highest BCUT2D eigenvalue weighted by Gasteiger charge is 2.28. The van der Waals surface area contributed by atoms with E-state index in [2.05, 4.69) is 4.90 Å². The SMILES string of the molecule is O=C(CN1CCCN(S(=O)(=O)c2ccccc2)CC1)N1CCCCCC1. The van der Waals surface area contributed by atoms with Gasteiger partial charge in [0.15, 0.2) is 0 Å². The van der Waals surface area contributed by atoms with Gasteiger partial charge in [-0.1, -0.05) is 31.0 Å². The molecule has 0 radical (unpaired) electrons. The Morgan fingerprint density at radius 2 is 1.50 bits per heavy atom. The van der Waals surface area contributed by atoms with Gasteiger partial charge in [0.1, 0.15) is 0 Å². The molecule has 2 saturated heterocycles. The summed E-state index contributed by atoms with van der Waals surface area (Å²) in [5.41, 5.74) is 0. The molecule has 0 N–H and O–H groups in total. The third-order valence-corrected chi connectivity index (χ3v) is 7.16. The quantitative estimate of drug-likeness (QED) is 0.800. The van der Waals surface area contributed by atoms with Crippen molar-refractivity contribution in [2.75, 3.05) is 45.8 Å². The second-order valence-corrected chi connectivity index (χ2v) is 9.08. The summed E-state index contributed by atoms with van der Waals surface area (Å²) in [4.78, 5) is 17.0. The lowest BCUT2D eigenvalue weighted by atomic mass is 10.2. The van der Waals surface area contributed by atoms with Crippen LogP contribution in [-0.4, -0.2) is 74.2 Å². The first-order valence-corrected chi connectivity index (χ1v) is 11.1. The predicted molar refractivity (Wildman–Crippen MR) is 101 cm³/mol. The third-order valence-electron chi connectivity index (χ3n) is 5.25. The van der Waals surface area contributed by atoms with Gasteiger partial charge in [0.2, 0.25) is 15.9 Å². The molecule has 2 aliphatic rings. The molecule has 0 aromatic heterocycles. The fourth-order valence-corrected chi connectivity index (χ4v) is 5.19. The monoisotopic (exact) mass is 379 g/mol. The molecular weight excluding hydrogens is 350 g/mol. The van der Waals surface area contributed by atoms with Crippen LogP contribution in [0.25, 0.3) is 0 Å². The van der Waals surface area contributed by atoms with E-state index in [4.69, 9.17) is 0 Å². The summed E-state index contributed by atoms with van der Waals surface area (Å²) < 4.78 is 27.1. The number of hydrogen-bond donors (Lipinski definition) is 0. The van der Waals surface area contributed by atoms with Crippen molar-refractivity contribution in [2.45, 2.75) is 37.0 Å². The van der Waals surface area contributed by atoms with Gasteiger partial charge in [-0.05, 0) is 37.9 Å². The van der Waals surface area contributed by atoms with Gasteiger partial charge in [0.05, 0.1) is 11.4 Å². The van der Waals surface area contributed by atoms with Gasteiger partial charge >= 0.3 is 0 Å². The molecule has 1 aromatic rings. The zero-order valence-electron chi connectivity index (χ0n) is 15.3. The molecule has 0 aliphatic carbocycles. The minimum Gasteiger partial charge on any atom is -0.342 e. The molecule has 1 aromatic carbocycles. The number of carbonyl (C=O) groups is 1. The molecule has 2 fully saturated rings. The number of benzene rings is 1. The normalized spacial score (nSPS) is 21.2. The Labute approximate surface area is 156 Å². The average molecular weight is 380 g/mol. The van der Waals surface area contributed by atoms with Crippen molar-refractivity contribution in [1.82, 2.24) is 14.1 Å². The number of carbonyl (C=O) groups excluding carboxylic acids is 1. The molecule has 0 atom stereocenters. The molecule has 3 rings (SSSR count). The number of sulfonamides is 1. The number of amides is 1. The minimum absolute atomic E-state index is 0.186. The van der Waals surface area contributed by atoms with Gasteiger partial charge in [-0.2, -0.15) is 4.31 Å². The summed E-state index contributed by atoms with van der Waals surface area (Å²) in [5, 5.41) is 0. The fraction of sp³-hybridized carbons (Fsp3) is 0.632. The van der Waals surface area contributed by atoms with Crippen molar-refractivity contribution in [3.8, 4) is 0 Å². The maximum atomic E-state index is 12.8. The first kappa shape index (κ1) is 19.3. The van der Waals surface area contributed by atoms with E-state index in [1.165, 1.54) is 12.8 Å². The Hall–Kier alpha value is -1.44. The summed E-state index contributed by atoms with van der Waals surface area (Å²) in [6.45, 7) is 4.43. The topological polar surface area (TPSA) is 60.9 Å². The average Bonchev–Trinajstić information content (AvgIpc) is 3.06. The Kier molecular flexibility index (Phi) is 6.67. The zero-order valence-corrected chi connectivity index (χ0v) is 16.2. The minimum atomic E-state index is -3.45. The Balaban J connectivity index is 1.57. The highest BCUT2D eigenvalue weighted by Crippen LogP contribution is 2.17. The van der Waals surface area contributed by atoms with Crippen LogP contribution in [0.3, 0.4) is 0 Å². The van der Waals surface area contributed by atoms with E-state index in [1.807, 2.05) is 11.0 Å². The van der Waals surface area contributed by atoms with Crippen LogP contribution < -0.4 is 0 Å². The third kappa shape index (κ3) is 4.84. The Morgan fingerprint density at radius 3 is 2.19 bits per heavy atom. The van der Waals surface area contributed by atoms with Gasteiger partial charge in [-0.3, -0.25) is 9.69 Å². The van der Waals surface area contributed by atoms with Gasteiger partial charge in [-0.25, -0.2) is 8.42 Å². The van der Waals surface area contributed by atoms with Crippen molar-refractivity contribution in [2.24, 2.45) is 0 Å². The van der Waals surface area contributed by atoms with Crippen LogP contribution in [0.1, 0.15) is 32.1 Å². The van der Waals surface area contributed by atoms with Gasteiger partial charge < -0.3 is 4.90 Å². The van der Waals surface area contributed by atoms with Crippen molar-refractivity contribution >= 4 is 15.9 Å². The molecule has 0 unspecified atom stereocenters. The van der Waals surface area contributed by atoms with Crippen LogP contribution in [0.15, 0.2) is 35.2 Å². The van der Waals surface area contributed by atoms with Gasteiger partial charge in [-0.15, -0.1) is 0 Å². The maximum absolute atomic E-state index is 12.8. The van der Waals surface area contributed by atoms with E-state index in [9.17, 15) is 13.2 Å². The highest BCUT2D eigenvalue weighted by atomic mass is 32.2. The lowest BCUT2D eigenvalue weighted by molar-refractivity contribution is -0.132. The van der Waals surface area contributed by atoms with Crippen molar-refractivity contribution in [1.29, 1.82) is 0 Å². The van der Waals surface area contributed by atoms with Gasteiger partial charge in [0, 0.05) is 32.7 Å². The summed E-state index contributed by atoms with van der Waals surface area (Å²) in [6.07, 6.45) is 5.35. The zero-order chi connectivity index (χ0) is 18.4. The molecule has 2 aliphatic heterocycles. The number of rotatable bonds is 4. The van der Waals surface area contributed by atoms with Crippen molar-refractivity contribution in [3.05, 3.63) is 30.3 Å². The molecule has 0 spiro atoms. The van der Waals surface area contributed by atoms with Crippen LogP contribution >= 0.6 is 0 Å². The fourth-order valence-electron chi connectivity index (χ4n) is 3.70. The lowest BCUT2D eigenvalue weighted by Crippen LogP contribution is -2.42. The number of likely N-dealkylation sites (tertiary alicyclic amines) is 1. The van der Waals surface area contributed by atoms with E-state index in [1.54, 1.807) is 28.6 Å². The standard InChI is InChI=1S/C19H29N3O3S/c23-19(21-12-6-1-2-7-13-21)17-20-11-8-14-22(16-15-20)26(24,25)18-9-4-3-5-10-18/h3-5,9-10H,1-2,6-8,11-17H2. The van der Waals surface area contributed by atoms with Crippen LogP contribution in [0, 0.1) is 0 Å². The van der Waals surface area contributed by atoms with Crippen LogP contribution in [-0.2, 0) is 14.8 Å². The lowest BCUT2D eigenvalue weighted by Gasteiger charge is -2.25. The second kappa shape index (κ2) is 8.97. The molecule has 144 valence electrons. The second-order valence-electron chi connectivity index (χ2n) is 7.14. The number of hydrogen-bond acceptors (Lipinski definition) is 4. The first-order chi connectivity index (χ1) is 12.6. The summed E-state index contributed by atoms with van der Waals surface area (Å²) in [7, 11) is -3.45. The first-order valence-electron chi connectivity index (χ1n) is 9.63. The summed E-state index contributed by atoms with van der Waals surface area (Å²) >= 11 is 0. The molecule has 26 heavy (non-hydrogen) atoms. The van der Waals surface area contributed by atoms with Crippen molar-refractivity contribution < 1.29 is 13.2 Å². The molecule has 6 nitrogen and oxygen atoms in total. The predicted octanol–water partition coefficient (Wildman–Crippen LogP) is 1.79. The summed E-state index contributed by atoms with van der Waals surface area (Å²) in [6, 6.07) is 8.59. The summed E-state index contributed by atoms with van der Waals surface area (Å²) in [5.74, 6) is 0.186. The van der Waals surface area contributed by atoms with E-state index in [-0.39, 0.29) is 5.91 Å². The molecule has 0 saturated carbocycles. The number of nitrogens with zero attached hydrogens (tertiary/aromatic N) is 3. The van der Waals surface area contributed by atoms with E-state index in [0.29, 0.717) is 31.1 Å². The van der Waals surface area contributed by atoms with E-state index >= 15 is 0 Å². The van der Waals surface area contributed by atoms with Crippen LogP contribution in [0.5, 0.6) is 0 Å².